The lowest BCUT2D eigenvalue weighted by molar-refractivity contribution is 0.211. The Bertz CT molecular complexity index is 729. The molecule has 100 valence electrons. The molecule has 3 aromatic rings. The lowest BCUT2D eigenvalue weighted by Crippen LogP contribution is -2.05. The topological polar surface area (TPSA) is 55.2 Å². The maximum atomic E-state index is 10.6. The van der Waals surface area contributed by atoms with Gasteiger partial charge in [-0.2, -0.15) is 0 Å². The summed E-state index contributed by atoms with van der Waals surface area (Å²) in [5, 5.41) is 12.6. The molecule has 1 heterocycles. The zero-order valence-corrected chi connectivity index (χ0v) is 11.0. The van der Waals surface area contributed by atoms with E-state index in [-0.39, 0.29) is 0 Å². The zero-order chi connectivity index (χ0) is 13.9. The van der Waals surface area contributed by atoms with Gasteiger partial charge in [0, 0.05) is 18.0 Å². The molecule has 2 aromatic carbocycles. The third kappa shape index (κ3) is 2.10. The van der Waals surface area contributed by atoms with Gasteiger partial charge in [-0.3, -0.25) is 9.97 Å². The first-order valence-corrected chi connectivity index (χ1v) is 6.31. The number of ether oxygens (including phenoxy) is 1. The molecular weight excluding hydrogens is 252 g/mol. The van der Waals surface area contributed by atoms with E-state index in [9.17, 15) is 5.11 Å². The van der Waals surface area contributed by atoms with Crippen LogP contribution in [0.2, 0.25) is 0 Å². The molecule has 1 aromatic heterocycles. The SMILES string of the molecule is COc1ccc2ccccc2c1[C@H](O)c1cnccn1. The van der Waals surface area contributed by atoms with Crippen LogP contribution in [-0.2, 0) is 0 Å². The van der Waals surface area contributed by atoms with Crippen LogP contribution in [0.5, 0.6) is 5.75 Å². The van der Waals surface area contributed by atoms with Gasteiger partial charge in [-0.25, -0.2) is 0 Å². The second-order valence-electron chi connectivity index (χ2n) is 4.44. The molecule has 3 rings (SSSR count). The van der Waals surface area contributed by atoms with Crippen LogP contribution in [0.3, 0.4) is 0 Å². The number of rotatable bonds is 3. The standard InChI is InChI=1S/C16H14N2O2/c1-20-14-7-6-11-4-2-3-5-12(11)15(14)16(19)13-10-17-8-9-18-13/h2-10,16,19H,1H3/t16-/m1/s1. The molecule has 4 nitrogen and oxygen atoms in total. The van der Waals surface area contributed by atoms with Crippen LogP contribution in [0.25, 0.3) is 10.8 Å². The number of aromatic nitrogens is 2. The van der Waals surface area contributed by atoms with E-state index in [0.717, 1.165) is 10.8 Å². The summed E-state index contributed by atoms with van der Waals surface area (Å²) in [6, 6.07) is 11.7. The van der Waals surface area contributed by atoms with E-state index in [1.165, 1.54) is 0 Å². The number of fused-ring (bicyclic) bond motifs is 1. The van der Waals surface area contributed by atoms with E-state index in [2.05, 4.69) is 9.97 Å². The zero-order valence-electron chi connectivity index (χ0n) is 11.0. The van der Waals surface area contributed by atoms with Crippen LogP contribution >= 0.6 is 0 Å². The Morgan fingerprint density at radius 2 is 1.95 bits per heavy atom. The van der Waals surface area contributed by atoms with Crippen molar-refractivity contribution in [3.05, 3.63) is 66.2 Å². The summed E-state index contributed by atoms with van der Waals surface area (Å²) < 4.78 is 5.39. The van der Waals surface area contributed by atoms with Crippen LogP contribution in [-0.4, -0.2) is 22.2 Å². The maximum absolute atomic E-state index is 10.6. The summed E-state index contributed by atoms with van der Waals surface area (Å²) in [5.74, 6) is 0.641. The Morgan fingerprint density at radius 3 is 2.70 bits per heavy atom. The van der Waals surface area contributed by atoms with Gasteiger partial charge < -0.3 is 9.84 Å². The Hall–Kier alpha value is -2.46. The molecule has 4 heteroatoms. The van der Waals surface area contributed by atoms with Crippen LogP contribution in [0.4, 0.5) is 0 Å². The summed E-state index contributed by atoms with van der Waals surface area (Å²) >= 11 is 0. The first-order chi connectivity index (χ1) is 9.81. The third-order valence-corrected chi connectivity index (χ3v) is 3.29. The molecule has 20 heavy (non-hydrogen) atoms. The van der Waals surface area contributed by atoms with Crippen LogP contribution < -0.4 is 4.74 Å². The smallest absolute Gasteiger partial charge is 0.127 e. The molecule has 0 spiro atoms. The van der Waals surface area contributed by atoms with Gasteiger partial charge >= 0.3 is 0 Å². The molecule has 0 aliphatic rings. The quantitative estimate of drug-likeness (QED) is 0.792. The molecule has 0 saturated carbocycles. The average Bonchev–Trinajstić information content (AvgIpc) is 2.54. The van der Waals surface area contributed by atoms with Crippen molar-refractivity contribution in [2.75, 3.05) is 7.11 Å². The van der Waals surface area contributed by atoms with Crippen molar-refractivity contribution in [3.8, 4) is 5.75 Å². The first kappa shape index (κ1) is 12.6. The highest BCUT2D eigenvalue weighted by Gasteiger charge is 2.19. The van der Waals surface area contributed by atoms with Gasteiger partial charge in [0.15, 0.2) is 0 Å². The van der Waals surface area contributed by atoms with E-state index in [4.69, 9.17) is 4.74 Å². The number of hydrogen-bond donors (Lipinski definition) is 1. The molecule has 0 aliphatic carbocycles. The predicted molar refractivity (Wildman–Crippen MR) is 76.6 cm³/mol. The summed E-state index contributed by atoms with van der Waals surface area (Å²) in [4.78, 5) is 8.17. The molecular formula is C16H14N2O2. The van der Waals surface area contributed by atoms with Crippen molar-refractivity contribution in [2.24, 2.45) is 0 Å². The minimum atomic E-state index is -0.871. The minimum Gasteiger partial charge on any atom is -0.496 e. The van der Waals surface area contributed by atoms with E-state index >= 15 is 0 Å². The van der Waals surface area contributed by atoms with Gasteiger partial charge in [-0.05, 0) is 16.8 Å². The molecule has 0 saturated heterocycles. The van der Waals surface area contributed by atoms with Crippen LogP contribution in [0, 0.1) is 0 Å². The summed E-state index contributed by atoms with van der Waals surface area (Å²) in [6.07, 6.45) is 3.84. The van der Waals surface area contributed by atoms with Crippen molar-refractivity contribution in [3.63, 3.8) is 0 Å². The van der Waals surface area contributed by atoms with Gasteiger partial charge in [-0.1, -0.05) is 30.3 Å². The molecule has 0 radical (unpaired) electrons. The molecule has 0 aliphatic heterocycles. The van der Waals surface area contributed by atoms with Gasteiger partial charge in [0.2, 0.25) is 0 Å². The Morgan fingerprint density at radius 1 is 1.10 bits per heavy atom. The summed E-state index contributed by atoms with van der Waals surface area (Å²) in [5.41, 5.74) is 1.22. The van der Waals surface area contributed by atoms with Gasteiger partial charge in [-0.15, -0.1) is 0 Å². The summed E-state index contributed by atoms with van der Waals surface area (Å²) in [7, 11) is 1.59. The number of methoxy groups -OCH3 is 1. The van der Waals surface area contributed by atoms with E-state index in [0.29, 0.717) is 17.0 Å². The summed E-state index contributed by atoms with van der Waals surface area (Å²) in [6.45, 7) is 0. The lowest BCUT2D eigenvalue weighted by atomic mass is 9.97. The highest BCUT2D eigenvalue weighted by Crippen LogP contribution is 2.35. The average molecular weight is 266 g/mol. The fraction of sp³-hybridized carbons (Fsp3) is 0.125. The normalized spacial score (nSPS) is 12.3. The second-order valence-corrected chi connectivity index (χ2v) is 4.44. The highest BCUT2D eigenvalue weighted by molar-refractivity contribution is 5.88. The molecule has 0 amide bonds. The Labute approximate surface area is 116 Å². The van der Waals surface area contributed by atoms with E-state index in [1.807, 2.05) is 36.4 Å². The van der Waals surface area contributed by atoms with Crippen molar-refractivity contribution in [1.29, 1.82) is 0 Å². The molecule has 1 atom stereocenters. The van der Waals surface area contributed by atoms with Crippen LogP contribution in [0.1, 0.15) is 17.4 Å². The fourth-order valence-electron chi connectivity index (χ4n) is 2.34. The van der Waals surface area contributed by atoms with E-state index < -0.39 is 6.10 Å². The molecule has 0 bridgehead atoms. The number of hydrogen-bond acceptors (Lipinski definition) is 4. The van der Waals surface area contributed by atoms with Gasteiger partial charge in [0.05, 0.1) is 19.0 Å². The molecule has 1 N–H and O–H groups in total. The second kappa shape index (κ2) is 5.27. The van der Waals surface area contributed by atoms with Gasteiger partial charge in [0.1, 0.15) is 11.9 Å². The van der Waals surface area contributed by atoms with E-state index in [1.54, 1.807) is 25.7 Å². The van der Waals surface area contributed by atoms with Gasteiger partial charge in [0.25, 0.3) is 0 Å². The lowest BCUT2D eigenvalue weighted by Gasteiger charge is -2.16. The maximum Gasteiger partial charge on any atom is 0.127 e. The first-order valence-electron chi connectivity index (χ1n) is 6.31. The van der Waals surface area contributed by atoms with Crippen molar-refractivity contribution >= 4 is 10.8 Å². The monoisotopic (exact) mass is 266 g/mol. The van der Waals surface area contributed by atoms with Crippen molar-refractivity contribution in [1.82, 2.24) is 9.97 Å². The largest absolute Gasteiger partial charge is 0.496 e. The number of nitrogens with zero attached hydrogens (tertiary/aromatic N) is 2. The minimum absolute atomic E-state index is 0.502. The van der Waals surface area contributed by atoms with Crippen molar-refractivity contribution < 1.29 is 9.84 Å². The predicted octanol–water partition coefficient (Wildman–Crippen LogP) is 2.72. The fourth-order valence-corrected chi connectivity index (χ4v) is 2.34. The highest BCUT2D eigenvalue weighted by atomic mass is 16.5. The molecule has 0 unspecified atom stereocenters. The third-order valence-electron chi connectivity index (χ3n) is 3.29. The number of aliphatic hydroxyl groups is 1. The Kier molecular flexibility index (Phi) is 3.31. The number of benzene rings is 2. The Balaban J connectivity index is 2.23. The number of aliphatic hydroxyl groups excluding tert-OH is 1. The van der Waals surface area contributed by atoms with Crippen LogP contribution in [0.15, 0.2) is 55.0 Å². The van der Waals surface area contributed by atoms with Crippen molar-refractivity contribution in [2.45, 2.75) is 6.10 Å². The molecule has 0 fully saturated rings.